The van der Waals surface area contributed by atoms with Gasteiger partial charge < -0.3 is 21.1 Å². The molecule has 25 heavy (non-hydrogen) atoms. The van der Waals surface area contributed by atoms with Crippen molar-refractivity contribution in [3.05, 3.63) is 23.8 Å². The highest BCUT2D eigenvalue weighted by Gasteiger charge is 2.85. The summed E-state index contributed by atoms with van der Waals surface area (Å²) < 4.78 is 10.3. The van der Waals surface area contributed by atoms with Crippen LogP contribution in [-0.2, 0) is 4.79 Å². The van der Waals surface area contributed by atoms with E-state index < -0.39 is 22.7 Å². The predicted octanol–water partition coefficient (Wildman–Crippen LogP) is 0.0252. The van der Waals surface area contributed by atoms with E-state index in [1.807, 2.05) is 0 Å². The van der Waals surface area contributed by atoms with Gasteiger partial charge in [-0.25, -0.2) is 0 Å². The fraction of sp³-hybridized carbons (Fsp3) is 0.312. The standard InChI is InChI=1S/C16H14N6O3/c1-24-10-4-3-9(5-11(10)25-2)12(22-21)13-15(6-17,7-18)16(13,8-19)14(20)23/h3-5,13H,21H2,1-2H3,(H2,20,23)/b22-12-/t13-,16-/m1/s1. The van der Waals surface area contributed by atoms with E-state index in [1.165, 1.54) is 20.3 Å². The fourth-order valence-corrected chi connectivity index (χ4v) is 3.07. The van der Waals surface area contributed by atoms with Crippen LogP contribution in [0.25, 0.3) is 0 Å². The summed E-state index contributed by atoms with van der Waals surface area (Å²) >= 11 is 0. The zero-order valence-electron chi connectivity index (χ0n) is 13.5. The highest BCUT2D eigenvalue weighted by Crippen LogP contribution is 2.69. The lowest BCUT2D eigenvalue weighted by molar-refractivity contribution is -0.121. The monoisotopic (exact) mass is 338 g/mol. The first-order chi connectivity index (χ1) is 11.9. The smallest absolute Gasteiger partial charge is 0.241 e. The van der Waals surface area contributed by atoms with Gasteiger partial charge in [-0.15, -0.1) is 0 Å². The van der Waals surface area contributed by atoms with Gasteiger partial charge in [0.05, 0.1) is 44.1 Å². The number of hydrogen-bond acceptors (Lipinski definition) is 8. The molecule has 0 unspecified atom stereocenters. The highest BCUT2D eigenvalue weighted by atomic mass is 16.5. The zero-order chi connectivity index (χ0) is 18.8. The van der Waals surface area contributed by atoms with Gasteiger partial charge in [0, 0.05) is 5.56 Å². The van der Waals surface area contributed by atoms with Crippen LogP contribution in [0.1, 0.15) is 5.56 Å². The van der Waals surface area contributed by atoms with E-state index in [4.69, 9.17) is 21.1 Å². The summed E-state index contributed by atoms with van der Waals surface area (Å²) in [6.07, 6.45) is 0. The number of methoxy groups -OCH3 is 2. The van der Waals surface area contributed by atoms with Crippen LogP contribution in [0.15, 0.2) is 23.3 Å². The molecular weight excluding hydrogens is 324 g/mol. The van der Waals surface area contributed by atoms with Crippen LogP contribution in [0.3, 0.4) is 0 Å². The first-order valence-electron chi connectivity index (χ1n) is 6.97. The number of nitrogens with zero attached hydrogens (tertiary/aromatic N) is 4. The Kier molecular flexibility index (Phi) is 4.24. The molecule has 1 fully saturated rings. The molecule has 2 atom stereocenters. The van der Waals surface area contributed by atoms with Crippen molar-refractivity contribution in [2.75, 3.05) is 14.2 Å². The number of hydrogen-bond donors (Lipinski definition) is 2. The van der Waals surface area contributed by atoms with Crippen molar-refractivity contribution in [1.82, 2.24) is 0 Å². The molecule has 2 rings (SSSR count). The predicted molar refractivity (Wildman–Crippen MR) is 84.7 cm³/mol. The SMILES string of the molecule is COc1ccc(/C(=N/N)[C@@H]2C(C#N)(C#N)[C@@]2(C#N)C(N)=O)cc1OC. The van der Waals surface area contributed by atoms with Gasteiger partial charge in [0.2, 0.25) is 5.91 Å². The third kappa shape index (κ3) is 2.05. The Balaban J connectivity index is 2.64. The Bertz CT molecular complexity index is 875. The minimum Gasteiger partial charge on any atom is -0.493 e. The summed E-state index contributed by atoms with van der Waals surface area (Å²) in [7, 11) is 2.89. The molecule has 0 spiro atoms. The second kappa shape index (κ2) is 6.03. The molecule has 1 amide bonds. The molecule has 1 aromatic rings. The van der Waals surface area contributed by atoms with Gasteiger partial charge in [-0.2, -0.15) is 20.9 Å². The molecule has 0 aliphatic heterocycles. The van der Waals surface area contributed by atoms with Gasteiger partial charge in [0.1, 0.15) is 0 Å². The van der Waals surface area contributed by atoms with Crippen molar-refractivity contribution in [3.8, 4) is 29.7 Å². The lowest BCUT2D eigenvalue weighted by Gasteiger charge is -2.11. The van der Waals surface area contributed by atoms with Gasteiger partial charge in [-0.3, -0.25) is 4.79 Å². The third-order valence-corrected chi connectivity index (χ3v) is 4.41. The van der Waals surface area contributed by atoms with E-state index >= 15 is 0 Å². The quantitative estimate of drug-likeness (QED) is 0.432. The summed E-state index contributed by atoms with van der Waals surface area (Å²) in [6.45, 7) is 0. The third-order valence-electron chi connectivity index (χ3n) is 4.41. The molecule has 1 aromatic carbocycles. The van der Waals surface area contributed by atoms with Gasteiger partial charge in [0.25, 0.3) is 0 Å². The molecule has 9 nitrogen and oxygen atoms in total. The minimum absolute atomic E-state index is 0.0319. The molecule has 0 saturated heterocycles. The first kappa shape index (κ1) is 17.6. The van der Waals surface area contributed by atoms with Crippen molar-refractivity contribution in [1.29, 1.82) is 15.8 Å². The molecule has 1 aliphatic carbocycles. The normalized spacial score (nSPS) is 23.5. The molecule has 4 N–H and O–H groups in total. The maximum atomic E-state index is 11.9. The summed E-state index contributed by atoms with van der Waals surface area (Å²) in [5, 5.41) is 32.0. The van der Waals surface area contributed by atoms with E-state index in [1.54, 1.807) is 30.3 Å². The van der Waals surface area contributed by atoms with E-state index in [0.717, 1.165) is 0 Å². The largest absolute Gasteiger partial charge is 0.493 e. The van der Waals surface area contributed by atoms with Crippen LogP contribution >= 0.6 is 0 Å². The Labute approximate surface area is 143 Å². The van der Waals surface area contributed by atoms with Crippen molar-refractivity contribution >= 4 is 11.6 Å². The lowest BCUT2D eigenvalue weighted by atomic mass is 9.96. The van der Waals surface area contributed by atoms with Crippen molar-refractivity contribution in [3.63, 3.8) is 0 Å². The second-order valence-corrected chi connectivity index (χ2v) is 5.33. The van der Waals surface area contributed by atoms with Crippen LogP contribution in [0.4, 0.5) is 0 Å². The maximum Gasteiger partial charge on any atom is 0.241 e. The molecule has 0 aromatic heterocycles. The molecular formula is C16H14N6O3. The van der Waals surface area contributed by atoms with Crippen molar-refractivity contribution in [2.45, 2.75) is 0 Å². The number of hydrazone groups is 1. The molecule has 0 heterocycles. The summed E-state index contributed by atoms with van der Waals surface area (Å²) in [5.41, 5.74) is 1.75. The molecule has 1 saturated carbocycles. The summed E-state index contributed by atoms with van der Waals surface area (Å²) in [5.74, 6) is 3.98. The number of carbonyl (C=O) groups is 1. The average Bonchev–Trinajstić information content (AvgIpc) is 3.25. The number of ether oxygens (including phenoxy) is 2. The summed E-state index contributed by atoms with van der Waals surface area (Å²) in [4.78, 5) is 11.9. The second-order valence-electron chi connectivity index (χ2n) is 5.33. The van der Waals surface area contributed by atoms with Gasteiger partial charge >= 0.3 is 0 Å². The molecule has 9 heteroatoms. The number of primary amides is 1. The zero-order valence-corrected chi connectivity index (χ0v) is 13.5. The van der Waals surface area contributed by atoms with Crippen LogP contribution in [-0.4, -0.2) is 25.8 Å². The first-order valence-corrected chi connectivity index (χ1v) is 6.97. The van der Waals surface area contributed by atoms with Gasteiger partial charge in [-0.1, -0.05) is 0 Å². The maximum absolute atomic E-state index is 11.9. The molecule has 0 bridgehead atoms. The molecule has 0 radical (unpaired) electrons. The van der Waals surface area contributed by atoms with Gasteiger partial charge in [-0.05, 0) is 18.2 Å². The van der Waals surface area contributed by atoms with Crippen LogP contribution in [0.5, 0.6) is 11.5 Å². The number of nitrogens with two attached hydrogens (primary N) is 2. The number of benzene rings is 1. The average molecular weight is 338 g/mol. The van der Waals surface area contributed by atoms with Gasteiger partial charge in [0.15, 0.2) is 22.3 Å². The van der Waals surface area contributed by atoms with E-state index in [2.05, 4.69) is 5.10 Å². The fourth-order valence-electron chi connectivity index (χ4n) is 3.07. The summed E-state index contributed by atoms with van der Waals surface area (Å²) in [6, 6.07) is 9.84. The van der Waals surface area contributed by atoms with Crippen LogP contribution in [0, 0.1) is 50.7 Å². The molecule has 126 valence electrons. The minimum atomic E-state index is -2.03. The Morgan fingerprint density at radius 3 is 2.12 bits per heavy atom. The number of rotatable bonds is 5. The van der Waals surface area contributed by atoms with E-state index in [-0.39, 0.29) is 5.71 Å². The van der Waals surface area contributed by atoms with Crippen molar-refractivity contribution in [2.24, 2.45) is 33.4 Å². The Hall–Kier alpha value is -3.77. The molecule has 1 aliphatic rings. The Morgan fingerprint density at radius 1 is 1.16 bits per heavy atom. The van der Waals surface area contributed by atoms with Crippen LogP contribution < -0.4 is 21.1 Å². The van der Waals surface area contributed by atoms with E-state index in [0.29, 0.717) is 17.1 Å². The number of amides is 1. The van der Waals surface area contributed by atoms with Crippen molar-refractivity contribution < 1.29 is 14.3 Å². The lowest BCUT2D eigenvalue weighted by Crippen LogP contribution is -2.30. The van der Waals surface area contributed by atoms with Crippen LogP contribution in [0.2, 0.25) is 0 Å². The topological polar surface area (TPSA) is 171 Å². The van der Waals surface area contributed by atoms with E-state index in [9.17, 15) is 20.6 Å². The number of carbonyl (C=O) groups excluding carboxylic acids is 1. The highest BCUT2D eigenvalue weighted by molar-refractivity contribution is 6.12. The number of nitriles is 3. The Morgan fingerprint density at radius 2 is 1.76 bits per heavy atom.